The quantitative estimate of drug-likeness (QED) is 0.839. The average molecular weight is 384 g/mol. The van der Waals surface area contributed by atoms with E-state index in [-0.39, 0.29) is 24.8 Å². The first-order valence-electron chi connectivity index (χ1n) is 7.26. The normalized spacial score (nSPS) is 17.2. The lowest BCUT2D eigenvalue weighted by molar-refractivity contribution is -0.122. The Hall–Kier alpha value is -1.75. The molecule has 24 heavy (non-hydrogen) atoms. The molecule has 1 unspecified atom stereocenters. The smallest absolute Gasteiger partial charge is 0.229 e. The molecule has 1 fully saturated rings. The van der Waals surface area contributed by atoms with Crippen LogP contribution in [0.1, 0.15) is 6.42 Å². The third-order valence-electron chi connectivity index (χ3n) is 3.84. The summed E-state index contributed by atoms with van der Waals surface area (Å²) < 4.78 is 0. The van der Waals surface area contributed by atoms with E-state index >= 15 is 0 Å². The molecule has 0 saturated carbocycles. The minimum atomic E-state index is -0.455. The van der Waals surface area contributed by atoms with E-state index in [0.717, 1.165) is 0 Å². The van der Waals surface area contributed by atoms with Crippen molar-refractivity contribution in [3.05, 3.63) is 57.5 Å². The Morgan fingerprint density at radius 2 is 1.79 bits per heavy atom. The van der Waals surface area contributed by atoms with E-state index in [4.69, 9.17) is 34.8 Å². The number of anilines is 2. The monoisotopic (exact) mass is 382 g/mol. The van der Waals surface area contributed by atoms with E-state index in [9.17, 15) is 9.59 Å². The number of nitrogens with zero attached hydrogens (tertiary/aromatic N) is 1. The van der Waals surface area contributed by atoms with E-state index in [1.165, 1.54) is 0 Å². The molecule has 0 bridgehead atoms. The Bertz CT molecular complexity index is 810. The summed E-state index contributed by atoms with van der Waals surface area (Å²) in [6.45, 7) is 0.285. The first-order chi connectivity index (χ1) is 11.5. The van der Waals surface area contributed by atoms with Crippen LogP contribution in [0, 0.1) is 5.92 Å². The number of hydrogen-bond donors (Lipinski definition) is 1. The van der Waals surface area contributed by atoms with Gasteiger partial charge in [-0.05, 0) is 30.3 Å². The van der Waals surface area contributed by atoms with E-state index in [0.29, 0.717) is 26.4 Å². The van der Waals surface area contributed by atoms with Crippen LogP contribution in [0.2, 0.25) is 15.1 Å². The Morgan fingerprint density at radius 3 is 2.50 bits per heavy atom. The van der Waals surface area contributed by atoms with Gasteiger partial charge in [-0.2, -0.15) is 0 Å². The van der Waals surface area contributed by atoms with Gasteiger partial charge in [0, 0.05) is 18.7 Å². The molecular weight excluding hydrogens is 371 g/mol. The molecule has 1 aliphatic rings. The second-order valence-electron chi connectivity index (χ2n) is 5.47. The summed E-state index contributed by atoms with van der Waals surface area (Å²) in [5.74, 6) is -0.824. The highest BCUT2D eigenvalue weighted by Crippen LogP contribution is 2.31. The average Bonchev–Trinajstić information content (AvgIpc) is 2.94. The van der Waals surface area contributed by atoms with Crippen LogP contribution in [0.25, 0.3) is 0 Å². The van der Waals surface area contributed by atoms with Gasteiger partial charge in [-0.25, -0.2) is 0 Å². The highest BCUT2D eigenvalue weighted by molar-refractivity contribution is 6.42. The van der Waals surface area contributed by atoms with Gasteiger partial charge in [0.2, 0.25) is 11.8 Å². The van der Waals surface area contributed by atoms with Crippen molar-refractivity contribution in [1.29, 1.82) is 0 Å². The van der Waals surface area contributed by atoms with Gasteiger partial charge >= 0.3 is 0 Å². The number of carbonyl (C=O) groups is 2. The van der Waals surface area contributed by atoms with E-state index < -0.39 is 5.92 Å². The van der Waals surface area contributed by atoms with Gasteiger partial charge in [0.1, 0.15) is 0 Å². The standard InChI is InChI=1S/C17H13Cl3N2O2/c18-12-6-5-11(8-14(12)20)22-9-10(7-16(22)23)17(24)21-15-4-2-1-3-13(15)19/h1-6,8,10H,7,9H2,(H,21,24). The second kappa shape index (κ2) is 7.01. The lowest BCUT2D eigenvalue weighted by Gasteiger charge is -2.17. The molecule has 1 atom stereocenters. The molecule has 1 N–H and O–H groups in total. The first kappa shape index (κ1) is 17.1. The maximum absolute atomic E-state index is 12.4. The topological polar surface area (TPSA) is 49.4 Å². The molecule has 0 aromatic heterocycles. The van der Waals surface area contributed by atoms with E-state index in [1.807, 2.05) is 0 Å². The fourth-order valence-corrected chi connectivity index (χ4v) is 3.06. The lowest BCUT2D eigenvalue weighted by atomic mass is 10.1. The molecule has 0 spiro atoms. The van der Waals surface area contributed by atoms with Gasteiger partial charge in [-0.1, -0.05) is 46.9 Å². The maximum Gasteiger partial charge on any atom is 0.229 e. The van der Waals surface area contributed by atoms with Crippen molar-refractivity contribution in [2.24, 2.45) is 5.92 Å². The second-order valence-corrected chi connectivity index (χ2v) is 6.69. The van der Waals surface area contributed by atoms with Gasteiger partial charge in [0.25, 0.3) is 0 Å². The van der Waals surface area contributed by atoms with Gasteiger partial charge in [0.05, 0.1) is 26.7 Å². The van der Waals surface area contributed by atoms with Crippen molar-refractivity contribution in [2.45, 2.75) is 6.42 Å². The molecule has 3 rings (SSSR count). The predicted molar refractivity (Wildman–Crippen MR) is 97.0 cm³/mol. The molecular formula is C17H13Cl3N2O2. The highest BCUT2D eigenvalue weighted by atomic mass is 35.5. The van der Waals surface area contributed by atoms with Crippen LogP contribution in [-0.2, 0) is 9.59 Å². The van der Waals surface area contributed by atoms with Crippen molar-refractivity contribution < 1.29 is 9.59 Å². The molecule has 1 heterocycles. The number of para-hydroxylation sites is 1. The van der Waals surface area contributed by atoms with Crippen LogP contribution < -0.4 is 10.2 Å². The van der Waals surface area contributed by atoms with Gasteiger partial charge in [0.15, 0.2) is 0 Å². The minimum Gasteiger partial charge on any atom is -0.324 e. The van der Waals surface area contributed by atoms with Crippen molar-refractivity contribution in [3.8, 4) is 0 Å². The van der Waals surface area contributed by atoms with E-state index in [2.05, 4.69) is 5.32 Å². The van der Waals surface area contributed by atoms with Crippen LogP contribution in [0.3, 0.4) is 0 Å². The summed E-state index contributed by atoms with van der Waals surface area (Å²) in [5, 5.41) is 4.01. The van der Waals surface area contributed by atoms with Gasteiger partial charge < -0.3 is 10.2 Å². The number of rotatable bonds is 3. The number of hydrogen-bond acceptors (Lipinski definition) is 2. The summed E-state index contributed by atoms with van der Waals surface area (Å²) in [5.41, 5.74) is 1.16. The lowest BCUT2D eigenvalue weighted by Crippen LogP contribution is -2.28. The molecule has 2 amide bonds. The summed E-state index contributed by atoms with van der Waals surface area (Å²) >= 11 is 17.9. The number of carbonyl (C=O) groups excluding carboxylic acids is 2. The number of halogens is 3. The van der Waals surface area contributed by atoms with E-state index in [1.54, 1.807) is 47.4 Å². The van der Waals surface area contributed by atoms with Crippen molar-refractivity contribution in [1.82, 2.24) is 0 Å². The highest BCUT2D eigenvalue weighted by Gasteiger charge is 2.35. The fraction of sp³-hybridized carbons (Fsp3) is 0.176. The summed E-state index contributed by atoms with van der Waals surface area (Å²) in [6, 6.07) is 11.9. The zero-order chi connectivity index (χ0) is 17.3. The SMILES string of the molecule is O=C(Nc1ccccc1Cl)C1CC(=O)N(c2ccc(Cl)c(Cl)c2)C1. The summed E-state index contributed by atoms with van der Waals surface area (Å²) in [4.78, 5) is 26.2. The number of nitrogens with one attached hydrogen (secondary N) is 1. The molecule has 0 radical (unpaired) electrons. The molecule has 2 aromatic carbocycles. The molecule has 2 aromatic rings. The summed E-state index contributed by atoms with van der Waals surface area (Å²) in [7, 11) is 0. The van der Waals surface area contributed by atoms with Crippen LogP contribution in [0.5, 0.6) is 0 Å². The molecule has 1 saturated heterocycles. The van der Waals surface area contributed by atoms with Crippen molar-refractivity contribution in [2.75, 3.05) is 16.8 Å². The molecule has 124 valence electrons. The minimum absolute atomic E-state index is 0.132. The molecule has 7 heteroatoms. The molecule has 1 aliphatic heterocycles. The Labute approximate surface area is 154 Å². The molecule has 4 nitrogen and oxygen atoms in total. The van der Waals surface area contributed by atoms with Crippen molar-refractivity contribution in [3.63, 3.8) is 0 Å². The third-order valence-corrected chi connectivity index (χ3v) is 4.91. The van der Waals surface area contributed by atoms with Crippen LogP contribution >= 0.6 is 34.8 Å². The van der Waals surface area contributed by atoms with Gasteiger partial charge in [-0.15, -0.1) is 0 Å². The van der Waals surface area contributed by atoms with Gasteiger partial charge in [-0.3, -0.25) is 9.59 Å². The largest absolute Gasteiger partial charge is 0.324 e. The molecule has 0 aliphatic carbocycles. The first-order valence-corrected chi connectivity index (χ1v) is 8.40. The Balaban J connectivity index is 1.73. The summed E-state index contributed by atoms with van der Waals surface area (Å²) in [6.07, 6.45) is 0.135. The predicted octanol–water partition coefficient (Wildman–Crippen LogP) is 4.64. The van der Waals surface area contributed by atoms with Crippen LogP contribution in [0.4, 0.5) is 11.4 Å². The zero-order valence-corrected chi connectivity index (χ0v) is 14.7. The van der Waals surface area contributed by atoms with Crippen molar-refractivity contribution >= 4 is 58.0 Å². The van der Waals surface area contributed by atoms with Crippen LogP contribution in [0.15, 0.2) is 42.5 Å². The fourth-order valence-electron chi connectivity index (χ4n) is 2.58. The maximum atomic E-state index is 12.4. The Morgan fingerprint density at radius 1 is 1.04 bits per heavy atom. The third kappa shape index (κ3) is 3.51. The van der Waals surface area contributed by atoms with Crippen LogP contribution in [-0.4, -0.2) is 18.4 Å². The number of amides is 2. The number of benzene rings is 2. The Kier molecular flexibility index (Phi) is 4.99. The zero-order valence-electron chi connectivity index (χ0n) is 12.4.